The molecule has 156 valence electrons. The molecule has 0 bridgehead atoms. The van der Waals surface area contributed by atoms with Crippen LogP contribution < -0.4 is 15.5 Å². The molecule has 2 fully saturated rings. The minimum Gasteiger partial charge on any atom is -0.378 e. The van der Waals surface area contributed by atoms with Gasteiger partial charge in [0.2, 0.25) is 0 Å². The predicted octanol–water partition coefficient (Wildman–Crippen LogP) is 3.19. The summed E-state index contributed by atoms with van der Waals surface area (Å²) in [5.41, 5.74) is 1.17. The van der Waals surface area contributed by atoms with E-state index in [4.69, 9.17) is 9.73 Å². The first kappa shape index (κ1) is 20.9. The molecule has 2 atom stereocenters. The Morgan fingerprint density at radius 1 is 1.29 bits per heavy atom. The average Bonchev–Trinajstić information content (AvgIpc) is 2.73. The van der Waals surface area contributed by atoms with Crippen LogP contribution in [-0.2, 0) is 11.3 Å². The SMILES string of the molecule is CCNC(=NCc1cccnc1N1CCOCC1)NCCC1CCCC(C)C1. The first-order valence-electron chi connectivity index (χ1n) is 11.0. The number of guanidine groups is 1. The second-order valence-corrected chi connectivity index (χ2v) is 8.13. The van der Waals surface area contributed by atoms with Crippen LogP contribution in [0.15, 0.2) is 23.3 Å². The summed E-state index contributed by atoms with van der Waals surface area (Å²) in [6.45, 7) is 10.3. The molecule has 1 aliphatic heterocycles. The highest BCUT2D eigenvalue weighted by Crippen LogP contribution is 2.30. The largest absolute Gasteiger partial charge is 0.378 e. The molecule has 6 nitrogen and oxygen atoms in total. The van der Waals surface area contributed by atoms with Crippen molar-refractivity contribution in [3.05, 3.63) is 23.9 Å². The highest BCUT2D eigenvalue weighted by Gasteiger charge is 2.18. The van der Waals surface area contributed by atoms with E-state index in [1.54, 1.807) is 0 Å². The summed E-state index contributed by atoms with van der Waals surface area (Å²) >= 11 is 0. The van der Waals surface area contributed by atoms with Crippen LogP contribution in [0.1, 0.15) is 51.5 Å². The van der Waals surface area contributed by atoms with Crippen molar-refractivity contribution in [2.45, 2.75) is 52.5 Å². The van der Waals surface area contributed by atoms with Gasteiger partial charge in [-0.3, -0.25) is 0 Å². The standard InChI is InChI=1S/C22H37N5O/c1-3-23-22(25-11-9-19-7-4-6-18(2)16-19)26-17-20-8-5-10-24-21(20)27-12-14-28-15-13-27/h5,8,10,18-19H,3-4,6-7,9,11-17H2,1-2H3,(H2,23,25,26). The van der Waals surface area contributed by atoms with Crippen LogP contribution in [0.2, 0.25) is 0 Å². The number of nitrogens with one attached hydrogen (secondary N) is 2. The van der Waals surface area contributed by atoms with Crippen molar-refractivity contribution >= 4 is 11.8 Å². The monoisotopic (exact) mass is 387 g/mol. The van der Waals surface area contributed by atoms with Gasteiger partial charge in [0.1, 0.15) is 5.82 Å². The molecular formula is C22H37N5O. The van der Waals surface area contributed by atoms with E-state index >= 15 is 0 Å². The maximum atomic E-state index is 5.48. The summed E-state index contributed by atoms with van der Waals surface area (Å²) in [6.07, 6.45) is 8.68. The number of aliphatic imine (C=N–C) groups is 1. The van der Waals surface area contributed by atoms with Gasteiger partial charge < -0.3 is 20.3 Å². The Morgan fingerprint density at radius 3 is 2.93 bits per heavy atom. The minimum atomic E-state index is 0.635. The topological polar surface area (TPSA) is 61.8 Å². The van der Waals surface area contributed by atoms with Gasteiger partial charge in [-0.1, -0.05) is 32.3 Å². The van der Waals surface area contributed by atoms with Crippen molar-refractivity contribution in [2.24, 2.45) is 16.8 Å². The average molecular weight is 388 g/mol. The maximum Gasteiger partial charge on any atom is 0.191 e. The molecule has 2 aliphatic rings. The first-order chi connectivity index (χ1) is 13.8. The molecule has 0 aromatic carbocycles. The molecule has 0 amide bonds. The predicted molar refractivity (Wildman–Crippen MR) is 116 cm³/mol. The van der Waals surface area contributed by atoms with Crippen molar-refractivity contribution in [3.8, 4) is 0 Å². The van der Waals surface area contributed by atoms with Crippen molar-refractivity contribution in [2.75, 3.05) is 44.3 Å². The van der Waals surface area contributed by atoms with Crippen LogP contribution in [0.25, 0.3) is 0 Å². The summed E-state index contributed by atoms with van der Waals surface area (Å²) in [7, 11) is 0. The van der Waals surface area contributed by atoms with Gasteiger partial charge in [0.25, 0.3) is 0 Å². The number of aromatic nitrogens is 1. The molecule has 2 heterocycles. The Kier molecular flexibility index (Phi) is 8.40. The third-order valence-corrected chi connectivity index (χ3v) is 5.82. The number of morpholine rings is 1. The zero-order valence-electron chi connectivity index (χ0n) is 17.6. The zero-order valence-corrected chi connectivity index (χ0v) is 17.6. The van der Waals surface area contributed by atoms with Gasteiger partial charge in [-0.25, -0.2) is 9.98 Å². The lowest BCUT2D eigenvalue weighted by atomic mass is 9.81. The van der Waals surface area contributed by atoms with Gasteiger partial charge in [-0.15, -0.1) is 0 Å². The van der Waals surface area contributed by atoms with E-state index in [1.807, 2.05) is 12.3 Å². The third-order valence-electron chi connectivity index (χ3n) is 5.82. The fraction of sp³-hybridized carbons (Fsp3) is 0.727. The van der Waals surface area contributed by atoms with E-state index in [1.165, 1.54) is 37.7 Å². The molecular weight excluding hydrogens is 350 g/mol. The van der Waals surface area contributed by atoms with Crippen LogP contribution in [0, 0.1) is 11.8 Å². The quantitative estimate of drug-likeness (QED) is 0.556. The van der Waals surface area contributed by atoms with Crippen molar-refractivity contribution in [3.63, 3.8) is 0 Å². The first-order valence-corrected chi connectivity index (χ1v) is 11.0. The molecule has 1 saturated heterocycles. The van der Waals surface area contributed by atoms with E-state index in [0.717, 1.165) is 63.0 Å². The highest BCUT2D eigenvalue weighted by atomic mass is 16.5. The number of pyridine rings is 1. The summed E-state index contributed by atoms with van der Waals surface area (Å²) in [6, 6.07) is 4.13. The van der Waals surface area contributed by atoms with Gasteiger partial charge in [0.05, 0.1) is 19.8 Å². The number of anilines is 1. The molecule has 6 heteroatoms. The molecule has 1 aromatic rings. The molecule has 2 unspecified atom stereocenters. The molecule has 0 spiro atoms. The Labute approximate surface area is 170 Å². The molecule has 3 rings (SSSR count). The van der Waals surface area contributed by atoms with E-state index in [9.17, 15) is 0 Å². The van der Waals surface area contributed by atoms with Gasteiger partial charge in [0.15, 0.2) is 5.96 Å². The lowest BCUT2D eigenvalue weighted by molar-refractivity contribution is 0.122. The van der Waals surface area contributed by atoms with E-state index in [2.05, 4.69) is 40.4 Å². The lowest BCUT2D eigenvalue weighted by Crippen LogP contribution is -2.39. The summed E-state index contributed by atoms with van der Waals surface area (Å²) in [5, 5.41) is 6.92. The maximum absolute atomic E-state index is 5.48. The molecule has 28 heavy (non-hydrogen) atoms. The van der Waals surface area contributed by atoms with Gasteiger partial charge in [-0.2, -0.15) is 0 Å². The molecule has 2 N–H and O–H groups in total. The minimum absolute atomic E-state index is 0.635. The highest BCUT2D eigenvalue weighted by molar-refractivity contribution is 5.79. The van der Waals surface area contributed by atoms with Crippen molar-refractivity contribution in [1.82, 2.24) is 15.6 Å². The zero-order chi connectivity index (χ0) is 19.6. The number of hydrogen-bond acceptors (Lipinski definition) is 4. The fourth-order valence-electron chi connectivity index (χ4n) is 4.34. The van der Waals surface area contributed by atoms with E-state index in [-0.39, 0.29) is 0 Å². The summed E-state index contributed by atoms with van der Waals surface area (Å²) in [4.78, 5) is 11.8. The second-order valence-electron chi connectivity index (χ2n) is 8.13. The Morgan fingerprint density at radius 2 is 2.14 bits per heavy atom. The van der Waals surface area contributed by atoms with E-state index < -0.39 is 0 Å². The van der Waals surface area contributed by atoms with Crippen LogP contribution in [0.5, 0.6) is 0 Å². The molecule has 1 saturated carbocycles. The number of hydrogen-bond donors (Lipinski definition) is 2. The Hall–Kier alpha value is -1.82. The second kappa shape index (κ2) is 11.2. The number of ether oxygens (including phenoxy) is 1. The van der Waals surface area contributed by atoms with Gasteiger partial charge in [0, 0.05) is 37.9 Å². The smallest absolute Gasteiger partial charge is 0.191 e. The summed E-state index contributed by atoms with van der Waals surface area (Å²) in [5.74, 6) is 3.71. The summed E-state index contributed by atoms with van der Waals surface area (Å²) < 4.78 is 5.48. The van der Waals surface area contributed by atoms with Gasteiger partial charge >= 0.3 is 0 Å². The van der Waals surface area contributed by atoms with Crippen molar-refractivity contribution in [1.29, 1.82) is 0 Å². The van der Waals surface area contributed by atoms with Gasteiger partial charge in [-0.05, 0) is 37.7 Å². The molecule has 1 aliphatic carbocycles. The van der Waals surface area contributed by atoms with Crippen LogP contribution >= 0.6 is 0 Å². The number of nitrogens with zero attached hydrogens (tertiary/aromatic N) is 3. The molecule has 0 radical (unpaired) electrons. The Bertz CT molecular complexity index is 615. The lowest BCUT2D eigenvalue weighted by Gasteiger charge is -2.29. The van der Waals surface area contributed by atoms with Crippen molar-refractivity contribution < 1.29 is 4.74 Å². The Balaban J connectivity index is 1.55. The van der Waals surface area contributed by atoms with Crippen LogP contribution in [-0.4, -0.2) is 50.3 Å². The molecule has 1 aromatic heterocycles. The van der Waals surface area contributed by atoms with Crippen LogP contribution in [0.4, 0.5) is 5.82 Å². The number of rotatable bonds is 7. The van der Waals surface area contributed by atoms with E-state index in [0.29, 0.717) is 6.54 Å². The third kappa shape index (κ3) is 6.36. The van der Waals surface area contributed by atoms with Crippen LogP contribution in [0.3, 0.4) is 0 Å². The normalized spacial score (nSPS) is 23.5. The fourth-order valence-corrected chi connectivity index (χ4v) is 4.34.